The van der Waals surface area contributed by atoms with Crippen molar-refractivity contribution < 1.29 is 13.2 Å². The average Bonchev–Trinajstić information content (AvgIpc) is 2.52. The number of rotatable bonds is 5. The van der Waals surface area contributed by atoms with E-state index in [1.165, 1.54) is 12.1 Å². The van der Waals surface area contributed by atoms with Crippen LogP contribution < -0.4 is 9.62 Å². The minimum Gasteiger partial charge on any atom is -0.350 e. The molecule has 0 saturated heterocycles. The minimum absolute atomic E-state index is 0.123. The summed E-state index contributed by atoms with van der Waals surface area (Å²) in [4.78, 5) is 12.6. The molecule has 0 aliphatic heterocycles. The first-order chi connectivity index (χ1) is 12.0. The molecule has 0 spiro atoms. The van der Waals surface area contributed by atoms with E-state index in [2.05, 4.69) is 5.32 Å². The molecule has 0 aliphatic carbocycles. The zero-order chi connectivity index (χ0) is 19.5. The fraction of sp³-hybridized carbons (Fsp3) is 0.316. The fourth-order valence-corrected chi connectivity index (χ4v) is 4.24. The average molecular weight is 395 g/mol. The van der Waals surface area contributed by atoms with Crippen molar-refractivity contribution in [2.24, 2.45) is 0 Å². The van der Waals surface area contributed by atoms with Crippen LogP contribution in [0.4, 0.5) is 5.69 Å². The van der Waals surface area contributed by atoms with Gasteiger partial charge < -0.3 is 5.32 Å². The number of hydrogen-bond donors (Lipinski definition) is 1. The Labute approximate surface area is 160 Å². The number of benzene rings is 2. The molecule has 1 amide bonds. The van der Waals surface area contributed by atoms with Crippen LogP contribution in [0.5, 0.6) is 0 Å². The molecule has 0 unspecified atom stereocenters. The van der Waals surface area contributed by atoms with E-state index in [9.17, 15) is 13.2 Å². The molecular formula is C19H23ClN2O3S. The van der Waals surface area contributed by atoms with Gasteiger partial charge >= 0.3 is 0 Å². The third kappa shape index (κ3) is 4.99. The molecule has 7 heteroatoms. The maximum Gasteiger partial charge on any atom is 0.264 e. The van der Waals surface area contributed by atoms with Gasteiger partial charge in [-0.1, -0.05) is 29.8 Å². The lowest BCUT2D eigenvalue weighted by Crippen LogP contribution is -2.47. The van der Waals surface area contributed by atoms with Gasteiger partial charge in [-0.15, -0.1) is 0 Å². The molecular weight excluding hydrogens is 372 g/mol. The third-order valence-electron chi connectivity index (χ3n) is 3.56. The van der Waals surface area contributed by atoms with Gasteiger partial charge in [0.2, 0.25) is 5.91 Å². The van der Waals surface area contributed by atoms with Gasteiger partial charge in [0.15, 0.2) is 0 Å². The van der Waals surface area contributed by atoms with E-state index in [0.717, 1.165) is 4.31 Å². The summed E-state index contributed by atoms with van der Waals surface area (Å²) in [5.74, 6) is -0.383. The van der Waals surface area contributed by atoms with Gasteiger partial charge in [0.1, 0.15) is 6.54 Å². The summed E-state index contributed by atoms with van der Waals surface area (Å²) in [7, 11) is -3.91. The Bertz CT molecular complexity index is 891. The third-order valence-corrected chi connectivity index (χ3v) is 5.57. The van der Waals surface area contributed by atoms with Gasteiger partial charge in [0.05, 0.1) is 10.6 Å². The number of carbonyl (C=O) groups excluding carboxylic acids is 1. The summed E-state index contributed by atoms with van der Waals surface area (Å²) in [5.41, 5.74) is 0.622. The Balaban J connectivity index is 2.50. The highest BCUT2D eigenvalue weighted by Gasteiger charge is 2.29. The van der Waals surface area contributed by atoms with Crippen LogP contribution in [0.15, 0.2) is 53.4 Å². The highest BCUT2D eigenvalue weighted by atomic mass is 35.5. The second-order valence-corrected chi connectivity index (χ2v) is 9.35. The predicted molar refractivity (Wildman–Crippen MR) is 105 cm³/mol. The summed E-state index contributed by atoms with van der Waals surface area (Å²) < 4.78 is 27.5. The lowest BCUT2D eigenvalue weighted by atomic mass is 10.1. The number of halogens is 1. The van der Waals surface area contributed by atoms with Crippen LogP contribution >= 0.6 is 11.6 Å². The van der Waals surface area contributed by atoms with E-state index in [-0.39, 0.29) is 17.3 Å². The van der Waals surface area contributed by atoms with E-state index in [0.29, 0.717) is 16.3 Å². The van der Waals surface area contributed by atoms with Crippen LogP contribution in [0.3, 0.4) is 0 Å². The molecule has 0 radical (unpaired) electrons. The van der Waals surface area contributed by atoms with Gasteiger partial charge in [-0.05, 0) is 63.6 Å². The Morgan fingerprint density at radius 3 is 2.27 bits per heavy atom. The Hall–Kier alpha value is -2.05. The number of carbonyl (C=O) groups is 1. The topological polar surface area (TPSA) is 66.5 Å². The number of sulfonamides is 1. The van der Waals surface area contributed by atoms with Crippen molar-refractivity contribution in [1.29, 1.82) is 0 Å². The van der Waals surface area contributed by atoms with E-state index < -0.39 is 15.6 Å². The molecule has 2 aromatic rings. The van der Waals surface area contributed by atoms with Crippen LogP contribution in [0.2, 0.25) is 5.02 Å². The summed E-state index contributed by atoms with van der Waals surface area (Å²) in [6.45, 7) is 6.96. The van der Waals surface area contributed by atoms with Gasteiger partial charge in [0, 0.05) is 10.6 Å². The summed E-state index contributed by atoms with van der Waals surface area (Å²) >= 11 is 6.00. The summed E-state index contributed by atoms with van der Waals surface area (Å²) in [6, 6.07) is 12.9. The zero-order valence-corrected chi connectivity index (χ0v) is 16.9. The lowest BCUT2D eigenvalue weighted by molar-refractivity contribution is -0.121. The number of amides is 1. The van der Waals surface area contributed by atoms with Gasteiger partial charge in [-0.3, -0.25) is 9.10 Å². The normalized spacial score (nSPS) is 11.9. The number of nitrogens with one attached hydrogen (secondary N) is 1. The van der Waals surface area contributed by atoms with Crippen LogP contribution in [0.25, 0.3) is 0 Å². The molecule has 2 aromatic carbocycles. The zero-order valence-electron chi connectivity index (χ0n) is 15.3. The Morgan fingerprint density at radius 1 is 1.12 bits per heavy atom. The molecule has 5 nitrogen and oxygen atoms in total. The van der Waals surface area contributed by atoms with Crippen molar-refractivity contribution in [1.82, 2.24) is 5.32 Å². The SMILES string of the molecule is Cc1cc(Cl)ccc1N(CC(=O)NC(C)(C)C)S(=O)(=O)c1ccccc1. The van der Waals surface area contributed by atoms with Crippen LogP contribution in [0, 0.1) is 6.92 Å². The van der Waals surface area contributed by atoms with E-state index in [4.69, 9.17) is 11.6 Å². The number of nitrogens with zero attached hydrogens (tertiary/aromatic N) is 1. The molecule has 140 valence electrons. The molecule has 1 N–H and O–H groups in total. The summed E-state index contributed by atoms with van der Waals surface area (Å²) in [5, 5.41) is 3.30. The van der Waals surface area contributed by atoms with Crippen molar-refractivity contribution in [3.63, 3.8) is 0 Å². The number of anilines is 1. The van der Waals surface area contributed by atoms with Crippen molar-refractivity contribution in [2.75, 3.05) is 10.8 Å². The molecule has 0 heterocycles. The maximum absolute atomic E-state index is 13.2. The van der Waals surface area contributed by atoms with Gasteiger partial charge in [-0.25, -0.2) is 8.42 Å². The molecule has 0 atom stereocenters. The van der Waals surface area contributed by atoms with Crippen LogP contribution in [0.1, 0.15) is 26.3 Å². The van der Waals surface area contributed by atoms with Crippen molar-refractivity contribution in [2.45, 2.75) is 38.1 Å². The second-order valence-electron chi connectivity index (χ2n) is 7.05. The van der Waals surface area contributed by atoms with Crippen molar-refractivity contribution in [3.8, 4) is 0 Å². The largest absolute Gasteiger partial charge is 0.350 e. The first kappa shape index (κ1) is 20.3. The molecule has 0 bridgehead atoms. The second kappa shape index (κ2) is 7.68. The highest BCUT2D eigenvalue weighted by Crippen LogP contribution is 2.28. The first-order valence-corrected chi connectivity index (χ1v) is 9.97. The predicted octanol–water partition coefficient (Wildman–Crippen LogP) is 3.76. The Morgan fingerprint density at radius 2 is 1.73 bits per heavy atom. The van der Waals surface area contributed by atoms with Gasteiger partial charge in [0.25, 0.3) is 10.0 Å². The smallest absolute Gasteiger partial charge is 0.264 e. The maximum atomic E-state index is 13.2. The van der Waals surface area contributed by atoms with Crippen molar-refractivity contribution >= 4 is 33.2 Å². The monoisotopic (exact) mass is 394 g/mol. The molecule has 0 saturated carbocycles. The van der Waals surface area contributed by atoms with Crippen LogP contribution in [-0.4, -0.2) is 26.4 Å². The van der Waals surface area contributed by atoms with Gasteiger partial charge in [-0.2, -0.15) is 0 Å². The first-order valence-electron chi connectivity index (χ1n) is 8.16. The van der Waals surface area contributed by atoms with E-state index in [1.54, 1.807) is 43.3 Å². The molecule has 0 aliphatic rings. The fourth-order valence-electron chi connectivity index (χ4n) is 2.51. The molecule has 0 aromatic heterocycles. The quantitative estimate of drug-likeness (QED) is 0.839. The molecule has 0 fully saturated rings. The Kier molecular flexibility index (Phi) is 5.98. The van der Waals surface area contributed by atoms with Crippen molar-refractivity contribution in [3.05, 3.63) is 59.1 Å². The number of hydrogen-bond acceptors (Lipinski definition) is 3. The minimum atomic E-state index is -3.91. The standard InChI is InChI=1S/C19H23ClN2O3S/c1-14-12-15(20)10-11-17(14)22(13-18(23)21-19(2,3)4)26(24,25)16-8-6-5-7-9-16/h5-12H,13H2,1-4H3,(H,21,23). The molecule has 26 heavy (non-hydrogen) atoms. The van der Waals surface area contributed by atoms with E-state index >= 15 is 0 Å². The summed E-state index contributed by atoms with van der Waals surface area (Å²) in [6.07, 6.45) is 0. The molecule has 2 rings (SSSR count). The lowest BCUT2D eigenvalue weighted by Gasteiger charge is -2.28. The van der Waals surface area contributed by atoms with Crippen LogP contribution in [-0.2, 0) is 14.8 Å². The number of aryl methyl sites for hydroxylation is 1. The van der Waals surface area contributed by atoms with E-state index in [1.807, 2.05) is 20.8 Å². The highest BCUT2D eigenvalue weighted by molar-refractivity contribution is 7.92.